The van der Waals surface area contributed by atoms with Crippen LogP contribution in [-0.4, -0.2) is 9.96 Å². The van der Waals surface area contributed by atoms with E-state index in [0.717, 1.165) is 25.0 Å². The van der Waals surface area contributed by atoms with Crippen LogP contribution in [-0.2, 0) is 17.0 Å². The fraction of sp³-hybridized carbons (Fsp3) is 0.455. The summed E-state index contributed by atoms with van der Waals surface area (Å²) in [6.45, 7) is 1.95. The zero-order valence-corrected chi connectivity index (χ0v) is 10.2. The first-order valence-corrected chi connectivity index (χ1v) is 6.53. The highest BCUT2D eigenvalue weighted by Crippen LogP contribution is 2.32. The molecule has 1 atom stereocenters. The standard InChI is InChI=1S/C11H14F3NOS/c1-2-3-6-17(16)10-5-4-8(7-9(10)15)11(12,13)14/h4-5,7H,2-3,6,15H2,1H3. The van der Waals surface area contributed by atoms with Crippen molar-refractivity contribution in [2.45, 2.75) is 30.8 Å². The lowest BCUT2D eigenvalue weighted by atomic mass is 10.2. The third kappa shape index (κ3) is 3.73. The molecule has 96 valence electrons. The fourth-order valence-corrected chi connectivity index (χ4v) is 2.63. The van der Waals surface area contributed by atoms with E-state index in [1.54, 1.807) is 0 Å². The number of unbranched alkanes of at least 4 members (excludes halogenated alkanes) is 1. The molecule has 0 fully saturated rings. The summed E-state index contributed by atoms with van der Waals surface area (Å²) in [4.78, 5) is 0.284. The lowest BCUT2D eigenvalue weighted by Crippen LogP contribution is -2.08. The normalized spacial score (nSPS) is 13.6. The van der Waals surface area contributed by atoms with Gasteiger partial charge < -0.3 is 5.73 Å². The van der Waals surface area contributed by atoms with E-state index < -0.39 is 22.5 Å². The molecule has 0 spiro atoms. The fourth-order valence-electron chi connectivity index (χ4n) is 1.32. The van der Waals surface area contributed by atoms with Crippen molar-refractivity contribution in [2.24, 2.45) is 0 Å². The van der Waals surface area contributed by atoms with E-state index in [9.17, 15) is 17.4 Å². The minimum atomic E-state index is -4.42. The Labute approximate surface area is 100 Å². The van der Waals surface area contributed by atoms with Crippen LogP contribution in [0.4, 0.5) is 18.9 Å². The molecule has 2 N–H and O–H groups in total. The molecule has 17 heavy (non-hydrogen) atoms. The molecule has 0 aromatic heterocycles. The second-order valence-electron chi connectivity index (χ2n) is 3.65. The number of alkyl halides is 3. The van der Waals surface area contributed by atoms with Gasteiger partial charge in [-0.3, -0.25) is 4.21 Å². The third-order valence-corrected chi connectivity index (χ3v) is 3.79. The van der Waals surface area contributed by atoms with Crippen LogP contribution < -0.4 is 5.73 Å². The molecule has 0 aliphatic rings. The summed E-state index contributed by atoms with van der Waals surface area (Å²) >= 11 is 0. The molecule has 6 heteroatoms. The number of nitrogens with two attached hydrogens (primary N) is 1. The Morgan fingerprint density at radius 1 is 1.35 bits per heavy atom. The van der Waals surface area contributed by atoms with Crippen molar-refractivity contribution in [3.63, 3.8) is 0 Å². The minimum absolute atomic E-state index is 0.0609. The van der Waals surface area contributed by atoms with E-state index in [4.69, 9.17) is 5.73 Å². The Morgan fingerprint density at radius 2 is 2.00 bits per heavy atom. The predicted molar refractivity (Wildman–Crippen MR) is 62.0 cm³/mol. The van der Waals surface area contributed by atoms with E-state index in [1.807, 2.05) is 6.92 Å². The van der Waals surface area contributed by atoms with Crippen LogP contribution in [0.3, 0.4) is 0 Å². The molecule has 0 saturated carbocycles. The van der Waals surface area contributed by atoms with Crippen molar-refractivity contribution in [3.8, 4) is 0 Å². The molecule has 1 aromatic carbocycles. The van der Waals surface area contributed by atoms with Crippen molar-refractivity contribution < 1.29 is 17.4 Å². The highest BCUT2D eigenvalue weighted by molar-refractivity contribution is 7.85. The molecule has 1 aromatic rings. The van der Waals surface area contributed by atoms with E-state index >= 15 is 0 Å². The Balaban J connectivity index is 2.94. The van der Waals surface area contributed by atoms with Gasteiger partial charge in [0.25, 0.3) is 0 Å². The summed E-state index contributed by atoms with van der Waals surface area (Å²) in [5, 5.41) is 0. The number of anilines is 1. The van der Waals surface area contributed by atoms with Crippen LogP contribution in [0.15, 0.2) is 23.1 Å². The molecule has 1 rings (SSSR count). The zero-order valence-electron chi connectivity index (χ0n) is 9.38. The second-order valence-corrected chi connectivity index (χ2v) is 5.19. The number of benzene rings is 1. The summed E-state index contributed by atoms with van der Waals surface area (Å²) in [6.07, 6.45) is -2.78. The highest BCUT2D eigenvalue weighted by Gasteiger charge is 2.31. The van der Waals surface area contributed by atoms with Gasteiger partial charge in [-0.1, -0.05) is 13.3 Å². The topological polar surface area (TPSA) is 43.1 Å². The van der Waals surface area contributed by atoms with Gasteiger partial charge in [-0.25, -0.2) is 0 Å². The Bertz CT molecular complexity index is 418. The lowest BCUT2D eigenvalue weighted by Gasteiger charge is -2.10. The number of halogens is 3. The zero-order chi connectivity index (χ0) is 13.1. The number of rotatable bonds is 4. The SMILES string of the molecule is CCCCS(=O)c1ccc(C(F)(F)F)cc1N. The van der Waals surface area contributed by atoms with Gasteiger partial charge in [-0.2, -0.15) is 13.2 Å². The molecule has 0 heterocycles. The monoisotopic (exact) mass is 265 g/mol. The molecule has 0 bridgehead atoms. The van der Waals surface area contributed by atoms with Gasteiger partial charge in [-0.15, -0.1) is 0 Å². The molecule has 0 saturated heterocycles. The quantitative estimate of drug-likeness (QED) is 0.849. The maximum atomic E-state index is 12.4. The molecule has 0 radical (unpaired) electrons. The average Bonchev–Trinajstić information content (AvgIpc) is 2.24. The summed E-state index contributed by atoms with van der Waals surface area (Å²) in [6, 6.07) is 2.94. The Hall–Kier alpha value is -1.04. The third-order valence-electron chi connectivity index (χ3n) is 2.27. The van der Waals surface area contributed by atoms with Gasteiger partial charge in [0.05, 0.1) is 21.3 Å². The van der Waals surface area contributed by atoms with Crippen LogP contribution in [0.5, 0.6) is 0 Å². The van der Waals surface area contributed by atoms with Crippen molar-refractivity contribution in [1.29, 1.82) is 0 Å². The van der Waals surface area contributed by atoms with E-state index in [0.29, 0.717) is 5.75 Å². The Morgan fingerprint density at radius 3 is 2.47 bits per heavy atom. The first-order valence-electron chi connectivity index (χ1n) is 5.21. The average molecular weight is 265 g/mol. The lowest BCUT2D eigenvalue weighted by molar-refractivity contribution is -0.137. The van der Waals surface area contributed by atoms with Crippen molar-refractivity contribution in [1.82, 2.24) is 0 Å². The molecular weight excluding hydrogens is 251 g/mol. The highest BCUT2D eigenvalue weighted by atomic mass is 32.2. The molecular formula is C11H14F3NOS. The first kappa shape index (κ1) is 14.0. The van der Waals surface area contributed by atoms with Crippen LogP contribution in [0.1, 0.15) is 25.3 Å². The summed E-state index contributed by atoms with van der Waals surface area (Å²) < 4.78 is 48.9. The van der Waals surface area contributed by atoms with Crippen molar-refractivity contribution >= 4 is 16.5 Å². The molecule has 0 aliphatic carbocycles. The smallest absolute Gasteiger partial charge is 0.398 e. The van der Waals surface area contributed by atoms with Gasteiger partial charge in [0.15, 0.2) is 0 Å². The molecule has 2 nitrogen and oxygen atoms in total. The van der Waals surface area contributed by atoms with Crippen LogP contribution in [0.2, 0.25) is 0 Å². The summed E-state index contributed by atoms with van der Waals surface area (Å²) in [5.74, 6) is 0.423. The van der Waals surface area contributed by atoms with Gasteiger partial charge in [-0.05, 0) is 24.6 Å². The van der Waals surface area contributed by atoms with E-state index in [1.165, 1.54) is 6.07 Å². The van der Waals surface area contributed by atoms with Crippen LogP contribution >= 0.6 is 0 Å². The first-order chi connectivity index (χ1) is 7.86. The minimum Gasteiger partial charge on any atom is -0.398 e. The summed E-state index contributed by atoms with van der Waals surface area (Å²) in [7, 11) is -1.32. The van der Waals surface area contributed by atoms with Crippen molar-refractivity contribution in [3.05, 3.63) is 23.8 Å². The second kappa shape index (κ2) is 5.53. The van der Waals surface area contributed by atoms with E-state index in [2.05, 4.69) is 0 Å². The maximum absolute atomic E-state index is 12.4. The largest absolute Gasteiger partial charge is 0.416 e. The van der Waals surface area contributed by atoms with Gasteiger partial charge in [0.2, 0.25) is 0 Å². The van der Waals surface area contributed by atoms with Gasteiger partial charge >= 0.3 is 6.18 Å². The van der Waals surface area contributed by atoms with Gasteiger partial charge in [0, 0.05) is 11.4 Å². The van der Waals surface area contributed by atoms with Crippen LogP contribution in [0.25, 0.3) is 0 Å². The number of hydrogen-bond donors (Lipinski definition) is 1. The number of hydrogen-bond acceptors (Lipinski definition) is 2. The maximum Gasteiger partial charge on any atom is 0.416 e. The molecule has 1 unspecified atom stereocenters. The Kier molecular flexibility index (Phi) is 4.56. The van der Waals surface area contributed by atoms with Crippen molar-refractivity contribution in [2.75, 3.05) is 11.5 Å². The van der Waals surface area contributed by atoms with Gasteiger partial charge in [0.1, 0.15) is 0 Å². The summed E-state index contributed by atoms with van der Waals surface area (Å²) in [5.41, 5.74) is 4.62. The molecule has 0 aliphatic heterocycles. The predicted octanol–water partition coefficient (Wildman–Crippen LogP) is 3.20. The van der Waals surface area contributed by atoms with E-state index in [-0.39, 0.29) is 10.6 Å². The molecule has 0 amide bonds. The van der Waals surface area contributed by atoms with Crippen LogP contribution in [0, 0.1) is 0 Å². The number of nitrogen functional groups attached to an aromatic ring is 1.